The summed E-state index contributed by atoms with van der Waals surface area (Å²) in [5.74, 6) is -0.125. The van der Waals surface area contributed by atoms with Crippen LogP contribution >= 0.6 is 0 Å². The molecule has 0 heterocycles. The van der Waals surface area contributed by atoms with Crippen molar-refractivity contribution in [2.75, 3.05) is 24.6 Å². The highest BCUT2D eigenvalue weighted by Crippen LogP contribution is 2.29. The second-order valence-corrected chi connectivity index (χ2v) is 9.68. The van der Waals surface area contributed by atoms with E-state index in [0.717, 1.165) is 0 Å². The van der Waals surface area contributed by atoms with E-state index in [-0.39, 0.29) is 34.4 Å². The van der Waals surface area contributed by atoms with E-state index in [1.165, 1.54) is 12.1 Å². The Labute approximate surface area is 142 Å². The van der Waals surface area contributed by atoms with E-state index in [4.69, 9.17) is 11.5 Å². The van der Waals surface area contributed by atoms with Crippen molar-refractivity contribution >= 4 is 30.4 Å². The van der Waals surface area contributed by atoms with Crippen molar-refractivity contribution < 1.29 is 16.8 Å². The summed E-state index contributed by atoms with van der Waals surface area (Å²) < 4.78 is 50.1. The topological polar surface area (TPSA) is 120 Å². The summed E-state index contributed by atoms with van der Waals surface area (Å²) in [6.07, 6.45) is 0.709. The summed E-state index contributed by atoms with van der Waals surface area (Å²) in [5.41, 5.74) is 10.8. The second-order valence-electron chi connectivity index (χ2n) is 5.53. The molecule has 0 atom stereocenters. The Morgan fingerprint density at radius 3 is 1.38 bits per heavy atom. The summed E-state index contributed by atoms with van der Waals surface area (Å²) in [6.45, 7) is 0.561. The van der Waals surface area contributed by atoms with Gasteiger partial charge in [-0.05, 0) is 38.1 Å². The molecular formula is C16H22N2O4S2. The zero-order valence-electron chi connectivity index (χ0n) is 13.3. The zero-order chi connectivity index (χ0) is 17.8. The Morgan fingerprint density at radius 1 is 0.667 bits per heavy atom. The van der Waals surface area contributed by atoms with Gasteiger partial charge in [-0.25, -0.2) is 16.8 Å². The number of fused-ring (bicyclic) bond motifs is 1. The number of hydrogen-bond donors (Lipinski definition) is 2. The first-order valence-electron chi connectivity index (χ1n) is 7.71. The molecule has 0 spiro atoms. The summed E-state index contributed by atoms with van der Waals surface area (Å²) >= 11 is 0. The Morgan fingerprint density at radius 2 is 1.04 bits per heavy atom. The van der Waals surface area contributed by atoms with Crippen molar-refractivity contribution in [2.45, 2.75) is 22.6 Å². The Hall–Kier alpha value is -1.48. The van der Waals surface area contributed by atoms with Crippen LogP contribution in [0, 0.1) is 0 Å². The van der Waals surface area contributed by atoms with Crippen molar-refractivity contribution in [1.29, 1.82) is 0 Å². The molecule has 0 radical (unpaired) electrons. The average molecular weight is 370 g/mol. The molecule has 2 aromatic carbocycles. The Kier molecular flexibility index (Phi) is 5.97. The van der Waals surface area contributed by atoms with E-state index in [2.05, 4.69) is 0 Å². The van der Waals surface area contributed by atoms with Crippen LogP contribution in [0.3, 0.4) is 0 Å². The molecule has 4 N–H and O–H groups in total. The molecule has 2 rings (SSSR count). The maximum atomic E-state index is 12.5. The minimum Gasteiger partial charge on any atom is -0.330 e. The van der Waals surface area contributed by atoms with Gasteiger partial charge in [0.05, 0.1) is 21.3 Å². The predicted molar refractivity (Wildman–Crippen MR) is 95.4 cm³/mol. The first-order chi connectivity index (χ1) is 11.3. The first kappa shape index (κ1) is 18.9. The van der Waals surface area contributed by atoms with Gasteiger partial charge in [-0.15, -0.1) is 0 Å². The lowest BCUT2D eigenvalue weighted by atomic mass is 10.1. The van der Waals surface area contributed by atoms with Gasteiger partial charge >= 0.3 is 0 Å². The number of nitrogens with two attached hydrogens (primary N) is 2. The molecule has 0 amide bonds. The molecule has 24 heavy (non-hydrogen) atoms. The molecule has 0 aliphatic carbocycles. The molecular weight excluding hydrogens is 348 g/mol. The van der Waals surface area contributed by atoms with Crippen LogP contribution in [-0.4, -0.2) is 41.4 Å². The van der Waals surface area contributed by atoms with Crippen molar-refractivity contribution in [3.05, 3.63) is 36.4 Å². The molecule has 0 bridgehead atoms. The van der Waals surface area contributed by atoms with Crippen LogP contribution in [0.15, 0.2) is 46.2 Å². The SMILES string of the molecule is NCCCS(=O)(=O)c1cccc2c(S(=O)(=O)CCCN)cccc12. The van der Waals surface area contributed by atoms with Gasteiger partial charge in [-0.3, -0.25) is 0 Å². The lowest BCUT2D eigenvalue weighted by Crippen LogP contribution is -2.13. The maximum absolute atomic E-state index is 12.5. The van der Waals surface area contributed by atoms with Crippen LogP contribution in [0.4, 0.5) is 0 Å². The molecule has 0 aromatic heterocycles. The molecule has 8 heteroatoms. The highest BCUT2D eigenvalue weighted by molar-refractivity contribution is 7.92. The van der Waals surface area contributed by atoms with Crippen LogP contribution < -0.4 is 11.5 Å². The van der Waals surface area contributed by atoms with E-state index >= 15 is 0 Å². The number of sulfone groups is 2. The van der Waals surface area contributed by atoms with Crippen molar-refractivity contribution in [2.24, 2.45) is 11.5 Å². The maximum Gasteiger partial charge on any atom is 0.179 e. The molecule has 2 aromatic rings. The van der Waals surface area contributed by atoms with Gasteiger partial charge in [0, 0.05) is 10.8 Å². The molecule has 0 fully saturated rings. The van der Waals surface area contributed by atoms with Crippen LogP contribution in [0.5, 0.6) is 0 Å². The van der Waals surface area contributed by atoms with Crippen LogP contribution in [0.2, 0.25) is 0 Å². The van der Waals surface area contributed by atoms with E-state index < -0.39 is 19.7 Å². The fourth-order valence-electron chi connectivity index (χ4n) is 2.56. The Bertz CT molecular complexity index is 845. The largest absolute Gasteiger partial charge is 0.330 e. The van der Waals surface area contributed by atoms with Crippen LogP contribution in [0.25, 0.3) is 10.8 Å². The van der Waals surface area contributed by atoms with E-state index in [1.54, 1.807) is 24.3 Å². The number of hydrogen-bond acceptors (Lipinski definition) is 6. The normalized spacial score (nSPS) is 12.6. The third-order valence-electron chi connectivity index (χ3n) is 3.75. The van der Waals surface area contributed by atoms with Gasteiger partial charge in [0.15, 0.2) is 19.7 Å². The van der Waals surface area contributed by atoms with Crippen LogP contribution in [0.1, 0.15) is 12.8 Å². The van der Waals surface area contributed by atoms with Gasteiger partial charge in [-0.1, -0.05) is 24.3 Å². The van der Waals surface area contributed by atoms with Gasteiger partial charge in [-0.2, -0.15) is 0 Å². The van der Waals surface area contributed by atoms with E-state index in [9.17, 15) is 16.8 Å². The molecule has 0 saturated carbocycles. The number of benzene rings is 2. The van der Waals surface area contributed by atoms with Crippen molar-refractivity contribution in [3.8, 4) is 0 Å². The van der Waals surface area contributed by atoms with Gasteiger partial charge in [0.25, 0.3) is 0 Å². The molecule has 0 aliphatic rings. The van der Waals surface area contributed by atoms with Gasteiger partial charge < -0.3 is 11.5 Å². The molecule has 0 saturated heterocycles. The summed E-state index contributed by atoms with van der Waals surface area (Å²) in [4.78, 5) is 0.286. The highest BCUT2D eigenvalue weighted by atomic mass is 32.2. The highest BCUT2D eigenvalue weighted by Gasteiger charge is 2.21. The quantitative estimate of drug-likeness (QED) is 0.717. The lowest BCUT2D eigenvalue weighted by molar-refractivity contribution is 0.592. The monoisotopic (exact) mass is 370 g/mol. The average Bonchev–Trinajstić information content (AvgIpc) is 2.57. The smallest absolute Gasteiger partial charge is 0.179 e. The fourth-order valence-corrected chi connectivity index (χ4v) is 5.69. The van der Waals surface area contributed by atoms with Crippen molar-refractivity contribution in [1.82, 2.24) is 0 Å². The minimum absolute atomic E-state index is 0.0627. The minimum atomic E-state index is -3.52. The van der Waals surface area contributed by atoms with E-state index in [1.807, 2.05) is 0 Å². The van der Waals surface area contributed by atoms with Crippen molar-refractivity contribution in [3.63, 3.8) is 0 Å². The second kappa shape index (κ2) is 7.60. The summed E-state index contributed by atoms with van der Waals surface area (Å²) in [5, 5.41) is 0.840. The van der Waals surface area contributed by atoms with Gasteiger partial charge in [0.1, 0.15) is 0 Å². The van der Waals surface area contributed by atoms with Crippen LogP contribution in [-0.2, 0) is 19.7 Å². The summed E-state index contributed by atoms with van der Waals surface area (Å²) in [6, 6.07) is 9.41. The molecule has 0 aliphatic heterocycles. The number of rotatable bonds is 8. The zero-order valence-corrected chi connectivity index (χ0v) is 14.9. The summed E-state index contributed by atoms with van der Waals surface area (Å²) in [7, 11) is -7.05. The third kappa shape index (κ3) is 3.94. The van der Waals surface area contributed by atoms with E-state index in [0.29, 0.717) is 23.6 Å². The fraction of sp³-hybridized carbons (Fsp3) is 0.375. The lowest BCUT2D eigenvalue weighted by Gasteiger charge is -2.11. The molecule has 6 nitrogen and oxygen atoms in total. The third-order valence-corrected chi connectivity index (χ3v) is 7.45. The first-order valence-corrected chi connectivity index (χ1v) is 11.0. The Balaban J connectivity index is 2.63. The standard InChI is InChI=1S/C16H22N2O4S2/c17-9-3-11-23(19,20)15-7-1-5-13-14(15)6-2-8-16(13)24(21,22)12-4-10-18/h1-2,5-8H,3-4,9-12,17-18H2. The molecule has 132 valence electrons. The van der Waals surface area contributed by atoms with Gasteiger partial charge in [0.2, 0.25) is 0 Å². The molecule has 0 unspecified atom stereocenters. The predicted octanol–water partition coefficient (Wildman–Crippen LogP) is 1.08.